The van der Waals surface area contributed by atoms with E-state index in [1.807, 2.05) is 0 Å². The summed E-state index contributed by atoms with van der Waals surface area (Å²) in [6.45, 7) is 3.04. The van der Waals surface area contributed by atoms with Gasteiger partial charge in [-0.25, -0.2) is 8.78 Å². The van der Waals surface area contributed by atoms with E-state index in [1.54, 1.807) is 13.8 Å². The second-order valence-corrected chi connectivity index (χ2v) is 4.78. The predicted octanol–water partition coefficient (Wildman–Crippen LogP) is 0.788. The van der Waals surface area contributed by atoms with Gasteiger partial charge in [0, 0.05) is 12.1 Å². The summed E-state index contributed by atoms with van der Waals surface area (Å²) in [5.41, 5.74) is 8.41. The van der Waals surface area contributed by atoms with Crippen LogP contribution >= 0.6 is 0 Å². The molecule has 5 N–H and O–H groups in total. The van der Waals surface area contributed by atoms with Crippen LogP contribution in [-0.4, -0.2) is 18.4 Å². The molecular formula is C12H15F2N3O2. The Morgan fingerprint density at radius 1 is 1.26 bits per heavy atom. The van der Waals surface area contributed by atoms with Crippen LogP contribution in [0, 0.1) is 17.0 Å². The van der Waals surface area contributed by atoms with Gasteiger partial charge < -0.3 is 16.8 Å². The predicted molar refractivity (Wildman–Crippen MR) is 66.1 cm³/mol. The number of nitrogens with two attached hydrogens (primary N) is 2. The molecule has 0 spiro atoms. The molecule has 0 unspecified atom stereocenters. The fourth-order valence-electron chi connectivity index (χ4n) is 1.21. The van der Waals surface area contributed by atoms with Crippen LogP contribution in [0.3, 0.4) is 0 Å². The van der Waals surface area contributed by atoms with Gasteiger partial charge in [0.15, 0.2) is 0 Å². The molecule has 0 atom stereocenters. The van der Waals surface area contributed by atoms with Crippen LogP contribution in [-0.2, 0) is 4.79 Å². The Kier molecular flexibility index (Phi) is 4.08. The molecule has 5 nitrogen and oxygen atoms in total. The second-order valence-electron chi connectivity index (χ2n) is 4.78. The van der Waals surface area contributed by atoms with E-state index in [2.05, 4.69) is 5.32 Å². The van der Waals surface area contributed by atoms with Crippen LogP contribution in [0.2, 0.25) is 0 Å². The molecule has 0 saturated carbocycles. The Bertz CT molecular complexity index is 507. The minimum atomic E-state index is -1.01. The molecule has 0 heterocycles. The monoisotopic (exact) mass is 271 g/mol. The van der Waals surface area contributed by atoms with E-state index in [0.717, 1.165) is 12.1 Å². The first-order chi connectivity index (χ1) is 8.65. The minimum absolute atomic E-state index is 0.0468. The molecular weight excluding hydrogens is 256 g/mol. The molecule has 0 aliphatic heterocycles. The molecule has 0 aromatic heterocycles. The molecule has 2 amide bonds. The van der Waals surface area contributed by atoms with Crippen LogP contribution in [0.25, 0.3) is 0 Å². The van der Waals surface area contributed by atoms with Crippen molar-refractivity contribution < 1.29 is 18.4 Å². The number of halogens is 2. The summed E-state index contributed by atoms with van der Waals surface area (Å²) >= 11 is 0. The summed E-state index contributed by atoms with van der Waals surface area (Å²) in [6, 6.07) is 1.65. The highest BCUT2D eigenvalue weighted by Gasteiger charge is 2.26. The highest BCUT2D eigenvalue weighted by molar-refractivity contribution is 5.95. The highest BCUT2D eigenvalue weighted by atomic mass is 19.1. The number of rotatable bonds is 4. The van der Waals surface area contributed by atoms with Crippen molar-refractivity contribution in [3.63, 3.8) is 0 Å². The standard InChI is InChI=1S/C12H15F2N3O2/c1-12(2,11(16)19)5-17-10(18)6-3-7(13)9(15)8(14)4-6/h3-4H,5,15H2,1-2H3,(H2,16,19)(H,17,18). The van der Waals surface area contributed by atoms with Gasteiger partial charge in [-0.15, -0.1) is 0 Å². The second kappa shape index (κ2) is 5.21. The molecule has 0 radical (unpaired) electrons. The lowest BCUT2D eigenvalue weighted by atomic mass is 9.92. The van der Waals surface area contributed by atoms with Crippen LogP contribution in [0.4, 0.5) is 14.5 Å². The van der Waals surface area contributed by atoms with E-state index >= 15 is 0 Å². The summed E-state index contributed by atoms with van der Waals surface area (Å²) in [4.78, 5) is 22.7. The Labute approximate surface area is 109 Å². The number of anilines is 1. The van der Waals surface area contributed by atoms with Gasteiger partial charge in [0.25, 0.3) is 5.91 Å². The maximum Gasteiger partial charge on any atom is 0.251 e. The zero-order chi connectivity index (χ0) is 14.8. The summed E-state index contributed by atoms with van der Waals surface area (Å²) in [5.74, 6) is -3.34. The maximum absolute atomic E-state index is 13.2. The SMILES string of the molecule is CC(C)(CNC(=O)c1cc(F)c(N)c(F)c1)C(N)=O. The lowest BCUT2D eigenvalue weighted by Gasteiger charge is -2.20. The summed E-state index contributed by atoms with van der Waals surface area (Å²) in [6.07, 6.45) is 0. The molecule has 1 aromatic rings. The average Bonchev–Trinajstić information content (AvgIpc) is 2.32. The van der Waals surface area contributed by atoms with Crippen molar-refractivity contribution in [2.24, 2.45) is 11.1 Å². The van der Waals surface area contributed by atoms with Crippen molar-refractivity contribution in [2.75, 3.05) is 12.3 Å². The van der Waals surface area contributed by atoms with Gasteiger partial charge >= 0.3 is 0 Å². The number of benzene rings is 1. The number of hydrogen-bond acceptors (Lipinski definition) is 3. The van der Waals surface area contributed by atoms with Gasteiger partial charge in [0.05, 0.1) is 5.41 Å². The van der Waals surface area contributed by atoms with Gasteiger partial charge in [-0.05, 0) is 26.0 Å². The Morgan fingerprint density at radius 2 is 1.74 bits per heavy atom. The molecule has 1 aromatic carbocycles. The normalized spacial score (nSPS) is 11.2. The molecule has 0 aliphatic rings. The number of amides is 2. The van der Waals surface area contributed by atoms with Crippen molar-refractivity contribution >= 4 is 17.5 Å². The lowest BCUT2D eigenvalue weighted by Crippen LogP contribution is -2.42. The van der Waals surface area contributed by atoms with Gasteiger partial charge in [0.1, 0.15) is 17.3 Å². The van der Waals surface area contributed by atoms with Crippen molar-refractivity contribution in [1.82, 2.24) is 5.32 Å². The largest absolute Gasteiger partial charge is 0.394 e. The summed E-state index contributed by atoms with van der Waals surface area (Å²) in [5, 5.41) is 2.38. The Balaban J connectivity index is 2.83. The lowest BCUT2D eigenvalue weighted by molar-refractivity contribution is -0.125. The fourth-order valence-corrected chi connectivity index (χ4v) is 1.21. The molecule has 0 bridgehead atoms. The van der Waals surface area contributed by atoms with Crippen LogP contribution in [0.5, 0.6) is 0 Å². The van der Waals surface area contributed by atoms with Gasteiger partial charge in [-0.1, -0.05) is 0 Å². The first kappa shape index (κ1) is 14.9. The topological polar surface area (TPSA) is 98.2 Å². The summed E-state index contributed by atoms with van der Waals surface area (Å²) < 4.78 is 26.4. The first-order valence-electron chi connectivity index (χ1n) is 5.48. The third-order valence-electron chi connectivity index (χ3n) is 2.70. The number of carbonyl (C=O) groups excluding carboxylic acids is 2. The molecule has 0 saturated heterocycles. The number of nitrogen functional groups attached to an aromatic ring is 1. The van der Waals surface area contributed by atoms with Crippen molar-refractivity contribution in [1.29, 1.82) is 0 Å². The molecule has 7 heteroatoms. The van der Waals surface area contributed by atoms with E-state index in [-0.39, 0.29) is 12.1 Å². The van der Waals surface area contributed by atoms with Crippen molar-refractivity contribution in [2.45, 2.75) is 13.8 Å². The maximum atomic E-state index is 13.2. The van der Waals surface area contributed by atoms with Crippen molar-refractivity contribution in [3.05, 3.63) is 29.3 Å². The van der Waals surface area contributed by atoms with Gasteiger partial charge in [-0.3, -0.25) is 9.59 Å². The summed E-state index contributed by atoms with van der Waals surface area (Å²) in [7, 11) is 0. The van der Waals surface area contributed by atoms with E-state index in [0.29, 0.717) is 0 Å². The zero-order valence-corrected chi connectivity index (χ0v) is 10.6. The molecule has 1 rings (SSSR count). The average molecular weight is 271 g/mol. The minimum Gasteiger partial charge on any atom is -0.394 e. The highest BCUT2D eigenvalue weighted by Crippen LogP contribution is 2.18. The van der Waals surface area contributed by atoms with E-state index in [9.17, 15) is 18.4 Å². The van der Waals surface area contributed by atoms with Crippen molar-refractivity contribution in [3.8, 4) is 0 Å². The number of carbonyl (C=O) groups is 2. The number of hydrogen-bond donors (Lipinski definition) is 3. The fraction of sp³-hybridized carbons (Fsp3) is 0.333. The molecule has 19 heavy (non-hydrogen) atoms. The van der Waals surface area contributed by atoms with Crippen LogP contribution in [0.15, 0.2) is 12.1 Å². The van der Waals surface area contributed by atoms with E-state index in [1.165, 1.54) is 0 Å². The number of nitrogens with one attached hydrogen (secondary N) is 1. The van der Waals surface area contributed by atoms with E-state index in [4.69, 9.17) is 11.5 Å². The Morgan fingerprint density at radius 3 is 2.16 bits per heavy atom. The number of primary amides is 1. The van der Waals surface area contributed by atoms with Crippen LogP contribution in [0.1, 0.15) is 24.2 Å². The zero-order valence-electron chi connectivity index (χ0n) is 10.6. The molecule has 0 fully saturated rings. The molecule has 104 valence electrons. The Hall–Kier alpha value is -2.18. The smallest absolute Gasteiger partial charge is 0.251 e. The third kappa shape index (κ3) is 3.40. The molecule has 0 aliphatic carbocycles. The van der Waals surface area contributed by atoms with E-state index < -0.39 is 34.6 Å². The quantitative estimate of drug-likeness (QED) is 0.706. The van der Waals surface area contributed by atoms with Gasteiger partial charge in [-0.2, -0.15) is 0 Å². The van der Waals surface area contributed by atoms with Gasteiger partial charge in [0.2, 0.25) is 5.91 Å². The van der Waals surface area contributed by atoms with Crippen LogP contribution < -0.4 is 16.8 Å². The first-order valence-corrected chi connectivity index (χ1v) is 5.48. The third-order valence-corrected chi connectivity index (χ3v) is 2.70.